The lowest BCUT2D eigenvalue weighted by atomic mass is 9.67. The molecule has 5 heteroatoms. The van der Waals surface area contributed by atoms with Crippen molar-refractivity contribution in [1.82, 2.24) is 9.78 Å². The summed E-state index contributed by atoms with van der Waals surface area (Å²) in [5, 5.41) is 7.70. The molecule has 1 unspecified atom stereocenters. The molecule has 1 aromatic heterocycles. The van der Waals surface area contributed by atoms with Crippen LogP contribution in [0.5, 0.6) is 0 Å². The van der Waals surface area contributed by atoms with Crippen LogP contribution < -0.4 is 5.32 Å². The topological polar surface area (TPSA) is 64.0 Å². The molecular weight excluding hydrogens is 326 g/mol. The minimum Gasteiger partial charge on any atom is -0.323 e. The quantitative estimate of drug-likeness (QED) is 0.914. The van der Waals surface area contributed by atoms with E-state index in [9.17, 15) is 9.59 Å². The standard InChI is InChI=1S/C21H25N3O2/c1-13-19(14(2)24(23-13)18-9-4-3-5-10-18)22-21(26)17-11-15-7-6-8-16(12-17)20(15)25/h3-5,9-10,15-17H,6-8,11-12H2,1-2H3,(H,22,26)/t15-,16+,17?. The van der Waals surface area contributed by atoms with Gasteiger partial charge in [-0.2, -0.15) is 5.10 Å². The Balaban J connectivity index is 1.53. The zero-order valence-electron chi connectivity index (χ0n) is 15.4. The van der Waals surface area contributed by atoms with E-state index in [2.05, 4.69) is 10.4 Å². The molecule has 2 aliphatic carbocycles. The fourth-order valence-electron chi connectivity index (χ4n) is 4.56. The molecule has 0 aliphatic heterocycles. The number of Topliss-reactive ketones (excluding diaryl/α,β-unsaturated/α-hetero) is 1. The SMILES string of the molecule is Cc1nn(-c2ccccc2)c(C)c1NC(=O)C1C[C@H]2CCC[C@@H](C1)C2=O. The van der Waals surface area contributed by atoms with Gasteiger partial charge in [0, 0.05) is 17.8 Å². The fourth-order valence-corrected chi connectivity index (χ4v) is 4.56. The second-order valence-corrected chi connectivity index (χ2v) is 7.68. The van der Waals surface area contributed by atoms with Gasteiger partial charge in [0.25, 0.3) is 0 Å². The van der Waals surface area contributed by atoms with Crippen LogP contribution in [0.15, 0.2) is 30.3 Å². The van der Waals surface area contributed by atoms with E-state index < -0.39 is 0 Å². The molecule has 2 saturated carbocycles. The normalized spacial score (nSPS) is 25.2. The van der Waals surface area contributed by atoms with Gasteiger partial charge in [-0.1, -0.05) is 24.6 Å². The molecule has 26 heavy (non-hydrogen) atoms. The average molecular weight is 351 g/mol. The second-order valence-electron chi connectivity index (χ2n) is 7.68. The number of anilines is 1. The summed E-state index contributed by atoms with van der Waals surface area (Å²) in [6.45, 7) is 3.89. The molecule has 1 heterocycles. The summed E-state index contributed by atoms with van der Waals surface area (Å²) in [5.41, 5.74) is 3.51. The van der Waals surface area contributed by atoms with E-state index in [1.807, 2.05) is 48.9 Å². The minimum absolute atomic E-state index is 0.0354. The predicted molar refractivity (Wildman–Crippen MR) is 100 cm³/mol. The molecule has 0 radical (unpaired) electrons. The first-order valence-corrected chi connectivity index (χ1v) is 9.51. The Bertz CT molecular complexity index is 824. The summed E-state index contributed by atoms with van der Waals surface area (Å²) in [6.07, 6.45) is 4.42. The first-order chi connectivity index (χ1) is 12.5. The molecule has 3 atom stereocenters. The Morgan fingerprint density at radius 2 is 1.77 bits per heavy atom. The number of aromatic nitrogens is 2. The molecule has 2 aliphatic rings. The third kappa shape index (κ3) is 2.96. The van der Waals surface area contributed by atoms with E-state index in [-0.39, 0.29) is 23.7 Å². The number of rotatable bonds is 3. The molecule has 1 N–H and O–H groups in total. The Hall–Kier alpha value is -2.43. The van der Waals surface area contributed by atoms with Gasteiger partial charge in [-0.15, -0.1) is 0 Å². The molecular formula is C21H25N3O2. The van der Waals surface area contributed by atoms with Crippen LogP contribution in [0.25, 0.3) is 5.69 Å². The van der Waals surface area contributed by atoms with Crippen molar-refractivity contribution in [2.45, 2.75) is 46.0 Å². The van der Waals surface area contributed by atoms with Gasteiger partial charge in [0.05, 0.1) is 22.8 Å². The van der Waals surface area contributed by atoms with E-state index in [4.69, 9.17) is 0 Å². The Morgan fingerprint density at radius 3 is 2.42 bits per heavy atom. The van der Waals surface area contributed by atoms with Crippen LogP contribution in [0.1, 0.15) is 43.5 Å². The van der Waals surface area contributed by atoms with Gasteiger partial charge in [-0.3, -0.25) is 9.59 Å². The number of hydrogen-bond donors (Lipinski definition) is 1. The zero-order chi connectivity index (χ0) is 18.3. The number of hydrogen-bond acceptors (Lipinski definition) is 3. The van der Waals surface area contributed by atoms with Crippen molar-refractivity contribution in [1.29, 1.82) is 0 Å². The number of amides is 1. The molecule has 1 amide bonds. The van der Waals surface area contributed by atoms with Gasteiger partial charge in [0.15, 0.2) is 0 Å². The molecule has 0 spiro atoms. The molecule has 2 aromatic rings. The van der Waals surface area contributed by atoms with E-state index in [1.54, 1.807) is 0 Å². The van der Waals surface area contributed by atoms with Crippen LogP contribution in [-0.4, -0.2) is 21.5 Å². The van der Waals surface area contributed by atoms with Gasteiger partial charge < -0.3 is 5.32 Å². The van der Waals surface area contributed by atoms with Crippen LogP contribution in [-0.2, 0) is 9.59 Å². The maximum Gasteiger partial charge on any atom is 0.227 e. The molecule has 1 aromatic carbocycles. The second kappa shape index (κ2) is 6.71. The van der Waals surface area contributed by atoms with Crippen molar-refractivity contribution in [3.63, 3.8) is 0 Å². The van der Waals surface area contributed by atoms with Gasteiger partial charge in [-0.25, -0.2) is 4.68 Å². The molecule has 5 nitrogen and oxygen atoms in total. The average Bonchev–Trinajstić information content (AvgIpc) is 2.90. The number of carbonyl (C=O) groups is 2. The summed E-state index contributed by atoms with van der Waals surface area (Å²) in [5.74, 6) is 0.541. The van der Waals surface area contributed by atoms with Crippen molar-refractivity contribution in [3.05, 3.63) is 41.7 Å². The third-order valence-electron chi connectivity index (χ3n) is 5.96. The minimum atomic E-state index is -0.0677. The summed E-state index contributed by atoms with van der Waals surface area (Å²) in [7, 11) is 0. The molecule has 136 valence electrons. The van der Waals surface area contributed by atoms with E-state index in [1.165, 1.54) is 0 Å². The van der Waals surface area contributed by atoms with Crippen molar-refractivity contribution >= 4 is 17.4 Å². The maximum absolute atomic E-state index is 12.9. The number of benzene rings is 1. The van der Waals surface area contributed by atoms with Gasteiger partial charge in [0.1, 0.15) is 5.78 Å². The summed E-state index contributed by atoms with van der Waals surface area (Å²) in [6, 6.07) is 9.92. The fraction of sp³-hybridized carbons (Fsp3) is 0.476. The highest BCUT2D eigenvalue weighted by molar-refractivity contribution is 5.96. The largest absolute Gasteiger partial charge is 0.323 e. The molecule has 2 bridgehead atoms. The van der Waals surface area contributed by atoms with Crippen molar-refractivity contribution in [2.24, 2.45) is 17.8 Å². The smallest absolute Gasteiger partial charge is 0.227 e. The summed E-state index contributed by atoms with van der Waals surface area (Å²) < 4.78 is 1.87. The molecule has 4 rings (SSSR count). The lowest BCUT2D eigenvalue weighted by molar-refractivity contribution is -0.136. The van der Waals surface area contributed by atoms with E-state index in [0.717, 1.165) is 42.0 Å². The van der Waals surface area contributed by atoms with Gasteiger partial charge in [0.2, 0.25) is 5.91 Å². The summed E-state index contributed by atoms with van der Waals surface area (Å²) >= 11 is 0. The highest BCUT2D eigenvalue weighted by Gasteiger charge is 2.41. The number of ketones is 1. The zero-order valence-corrected chi connectivity index (χ0v) is 15.4. The number of para-hydroxylation sites is 1. The Labute approximate surface area is 153 Å². The van der Waals surface area contributed by atoms with Crippen LogP contribution in [0.2, 0.25) is 0 Å². The molecule has 2 fully saturated rings. The number of aryl methyl sites for hydroxylation is 1. The van der Waals surface area contributed by atoms with Crippen LogP contribution in [0, 0.1) is 31.6 Å². The highest BCUT2D eigenvalue weighted by atomic mass is 16.2. The van der Waals surface area contributed by atoms with Crippen molar-refractivity contribution < 1.29 is 9.59 Å². The van der Waals surface area contributed by atoms with E-state index in [0.29, 0.717) is 18.6 Å². The van der Waals surface area contributed by atoms with Crippen molar-refractivity contribution in [3.8, 4) is 5.69 Å². The number of fused-ring (bicyclic) bond motifs is 2. The first kappa shape index (κ1) is 17.0. The number of nitrogens with one attached hydrogen (secondary N) is 1. The monoisotopic (exact) mass is 351 g/mol. The van der Waals surface area contributed by atoms with Gasteiger partial charge >= 0.3 is 0 Å². The van der Waals surface area contributed by atoms with Gasteiger partial charge in [-0.05, 0) is 51.7 Å². The number of carbonyl (C=O) groups excluding carboxylic acids is 2. The third-order valence-corrected chi connectivity index (χ3v) is 5.96. The van der Waals surface area contributed by atoms with Crippen LogP contribution >= 0.6 is 0 Å². The lowest BCUT2D eigenvalue weighted by Crippen LogP contribution is -2.40. The van der Waals surface area contributed by atoms with Crippen LogP contribution in [0.3, 0.4) is 0 Å². The molecule has 0 saturated heterocycles. The predicted octanol–water partition coefficient (Wildman–Crippen LogP) is 3.82. The summed E-state index contributed by atoms with van der Waals surface area (Å²) in [4.78, 5) is 25.2. The van der Waals surface area contributed by atoms with Crippen LogP contribution in [0.4, 0.5) is 5.69 Å². The number of nitrogens with zero attached hydrogens (tertiary/aromatic N) is 2. The van der Waals surface area contributed by atoms with E-state index >= 15 is 0 Å². The Kier molecular flexibility index (Phi) is 4.39. The first-order valence-electron chi connectivity index (χ1n) is 9.51. The van der Waals surface area contributed by atoms with Crippen molar-refractivity contribution in [2.75, 3.05) is 5.32 Å². The highest BCUT2D eigenvalue weighted by Crippen LogP contribution is 2.40. The maximum atomic E-state index is 12.9. The Morgan fingerprint density at radius 1 is 1.12 bits per heavy atom. The lowest BCUT2D eigenvalue weighted by Gasteiger charge is -2.36.